The lowest BCUT2D eigenvalue weighted by atomic mass is 10.1. The van der Waals surface area contributed by atoms with E-state index in [0.717, 1.165) is 12.8 Å². The third-order valence-corrected chi connectivity index (χ3v) is 4.32. The van der Waals surface area contributed by atoms with E-state index in [1.54, 1.807) is 0 Å². The topological polar surface area (TPSA) is 78.3 Å². The number of benzene rings is 1. The molecule has 6 nitrogen and oxygen atoms in total. The predicted octanol–water partition coefficient (Wildman–Crippen LogP) is 2.21. The van der Waals surface area contributed by atoms with Gasteiger partial charge in [0.15, 0.2) is 5.58 Å². The van der Waals surface area contributed by atoms with Gasteiger partial charge in [0, 0.05) is 18.7 Å². The van der Waals surface area contributed by atoms with Gasteiger partial charge in [-0.2, -0.15) is 12.6 Å². The summed E-state index contributed by atoms with van der Waals surface area (Å²) in [4.78, 5) is 22.2. The first kappa shape index (κ1) is 12.3. The number of nitrogens with zero attached hydrogens (tertiary/aromatic N) is 2. The summed E-state index contributed by atoms with van der Waals surface area (Å²) in [5.41, 5.74) is 0.851. The van der Waals surface area contributed by atoms with E-state index in [1.165, 1.54) is 22.8 Å². The number of hydrogen-bond acceptors (Lipinski definition) is 5. The zero-order chi connectivity index (χ0) is 13.6. The molecule has 0 bridgehead atoms. The molecule has 7 heteroatoms. The average molecular weight is 280 g/mol. The second-order valence-corrected chi connectivity index (χ2v) is 5.34. The molecule has 100 valence electrons. The molecule has 1 aromatic heterocycles. The van der Waals surface area contributed by atoms with Crippen molar-refractivity contribution >= 4 is 29.4 Å². The number of oxazole rings is 1. The van der Waals surface area contributed by atoms with Gasteiger partial charge in [0.05, 0.1) is 10.4 Å². The number of nitro groups is 1. The SMILES string of the molecule is O=c1oc2ccc([N+](=O)[O-])cc2n1CC1(CS)CC1. The molecule has 19 heavy (non-hydrogen) atoms. The Morgan fingerprint density at radius 1 is 1.47 bits per heavy atom. The van der Waals surface area contributed by atoms with E-state index in [-0.39, 0.29) is 11.1 Å². The first-order chi connectivity index (χ1) is 9.04. The van der Waals surface area contributed by atoms with Crippen molar-refractivity contribution in [3.63, 3.8) is 0 Å². The van der Waals surface area contributed by atoms with Crippen molar-refractivity contribution in [1.29, 1.82) is 0 Å². The minimum Gasteiger partial charge on any atom is -0.408 e. The zero-order valence-electron chi connectivity index (χ0n) is 10.0. The van der Waals surface area contributed by atoms with E-state index in [0.29, 0.717) is 23.4 Å². The van der Waals surface area contributed by atoms with E-state index in [9.17, 15) is 14.9 Å². The van der Waals surface area contributed by atoms with Crippen LogP contribution in [0.1, 0.15) is 12.8 Å². The first-order valence-corrected chi connectivity index (χ1v) is 6.57. The van der Waals surface area contributed by atoms with Crippen molar-refractivity contribution in [1.82, 2.24) is 4.57 Å². The van der Waals surface area contributed by atoms with Crippen molar-refractivity contribution in [3.8, 4) is 0 Å². The number of hydrogen-bond donors (Lipinski definition) is 1. The van der Waals surface area contributed by atoms with Crippen LogP contribution in [0.2, 0.25) is 0 Å². The summed E-state index contributed by atoms with van der Waals surface area (Å²) in [5, 5.41) is 10.8. The lowest BCUT2D eigenvalue weighted by Gasteiger charge is -2.11. The summed E-state index contributed by atoms with van der Waals surface area (Å²) in [6, 6.07) is 4.18. The summed E-state index contributed by atoms with van der Waals surface area (Å²) in [7, 11) is 0. The van der Waals surface area contributed by atoms with Crippen LogP contribution in [0, 0.1) is 15.5 Å². The summed E-state index contributed by atoms with van der Waals surface area (Å²) in [6.45, 7) is 0.503. The van der Waals surface area contributed by atoms with Crippen LogP contribution in [-0.4, -0.2) is 15.2 Å². The quantitative estimate of drug-likeness (QED) is 0.529. The van der Waals surface area contributed by atoms with Crippen molar-refractivity contribution in [2.45, 2.75) is 19.4 Å². The van der Waals surface area contributed by atoms with Gasteiger partial charge in [-0.15, -0.1) is 0 Å². The third-order valence-electron chi connectivity index (χ3n) is 3.65. The van der Waals surface area contributed by atoms with Gasteiger partial charge < -0.3 is 4.42 Å². The van der Waals surface area contributed by atoms with Crippen molar-refractivity contribution in [2.75, 3.05) is 5.75 Å². The Morgan fingerprint density at radius 3 is 2.79 bits per heavy atom. The van der Waals surface area contributed by atoms with Gasteiger partial charge in [0.2, 0.25) is 0 Å². The van der Waals surface area contributed by atoms with Crippen LogP contribution in [0.5, 0.6) is 0 Å². The standard InChI is InChI=1S/C12H12N2O4S/c15-11-13(6-12(7-19)3-4-12)9-5-8(14(16)17)1-2-10(9)18-11/h1-2,5,19H,3-4,6-7H2. The number of rotatable bonds is 4. The summed E-state index contributed by atoms with van der Waals surface area (Å²) >= 11 is 4.30. The van der Waals surface area contributed by atoms with Crippen LogP contribution < -0.4 is 5.76 Å². The van der Waals surface area contributed by atoms with Crippen LogP contribution in [0.4, 0.5) is 5.69 Å². The molecule has 1 saturated carbocycles. The summed E-state index contributed by atoms with van der Waals surface area (Å²) in [5.74, 6) is 0.227. The fourth-order valence-corrected chi connectivity index (χ4v) is 2.61. The Bertz CT molecular complexity index is 714. The number of aromatic nitrogens is 1. The molecular weight excluding hydrogens is 268 g/mol. The van der Waals surface area contributed by atoms with Crippen LogP contribution in [0.3, 0.4) is 0 Å². The molecule has 1 fully saturated rings. The molecule has 1 aliphatic rings. The lowest BCUT2D eigenvalue weighted by molar-refractivity contribution is -0.384. The molecule has 0 spiro atoms. The fourth-order valence-electron chi connectivity index (χ4n) is 2.19. The largest absolute Gasteiger partial charge is 0.419 e. The maximum Gasteiger partial charge on any atom is 0.419 e. The zero-order valence-corrected chi connectivity index (χ0v) is 10.9. The molecule has 0 N–H and O–H groups in total. The molecular formula is C12H12N2O4S. The van der Waals surface area contributed by atoms with Crippen LogP contribution >= 0.6 is 12.6 Å². The number of nitro benzene ring substituents is 1. The highest BCUT2D eigenvalue weighted by atomic mass is 32.1. The molecule has 1 heterocycles. The molecule has 0 radical (unpaired) electrons. The van der Waals surface area contributed by atoms with E-state index in [1.807, 2.05) is 0 Å². The first-order valence-electron chi connectivity index (χ1n) is 5.93. The minimum atomic E-state index is -0.479. The number of thiol groups is 1. The molecule has 1 aromatic carbocycles. The number of fused-ring (bicyclic) bond motifs is 1. The van der Waals surface area contributed by atoms with Gasteiger partial charge in [-0.05, 0) is 30.1 Å². The van der Waals surface area contributed by atoms with Crippen molar-refractivity contribution in [3.05, 3.63) is 38.9 Å². The molecule has 1 aliphatic carbocycles. The van der Waals surface area contributed by atoms with Gasteiger partial charge in [-0.1, -0.05) is 0 Å². The van der Waals surface area contributed by atoms with Crippen molar-refractivity contribution < 1.29 is 9.34 Å². The Hall–Kier alpha value is -1.76. The highest BCUT2D eigenvalue weighted by Crippen LogP contribution is 2.48. The summed E-state index contributed by atoms with van der Waals surface area (Å²) in [6.07, 6.45) is 2.04. The molecule has 0 amide bonds. The van der Waals surface area contributed by atoms with Gasteiger partial charge in [0.25, 0.3) is 5.69 Å². The Labute approximate surface area is 113 Å². The molecule has 0 atom stereocenters. The minimum absolute atomic E-state index is 0.0361. The molecule has 0 unspecified atom stereocenters. The van der Waals surface area contributed by atoms with Crippen LogP contribution in [-0.2, 0) is 6.54 Å². The smallest absolute Gasteiger partial charge is 0.408 e. The summed E-state index contributed by atoms with van der Waals surface area (Å²) < 4.78 is 6.59. The van der Waals surface area contributed by atoms with E-state index >= 15 is 0 Å². The highest BCUT2D eigenvalue weighted by molar-refractivity contribution is 7.80. The van der Waals surface area contributed by atoms with E-state index < -0.39 is 10.7 Å². The lowest BCUT2D eigenvalue weighted by Crippen LogP contribution is -2.21. The van der Waals surface area contributed by atoms with Gasteiger partial charge in [-0.3, -0.25) is 14.7 Å². The monoisotopic (exact) mass is 280 g/mol. The second kappa shape index (κ2) is 4.12. The number of non-ortho nitro benzene ring substituents is 1. The Kier molecular flexibility index (Phi) is 2.67. The Morgan fingerprint density at radius 2 is 2.21 bits per heavy atom. The van der Waals surface area contributed by atoms with Crippen LogP contribution in [0.15, 0.2) is 27.4 Å². The maximum absolute atomic E-state index is 11.8. The van der Waals surface area contributed by atoms with Gasteiger partial charge in [0.1, 0.15) is 0 Å². The molecule has 0 aliphatic heterocycles. The third kappa shape index (κ3) is 2.03. The van der Waals surface area contributed by atoms with Crippen molar-refractivity contribution in [2.24, 2.45) is 5.41 Å². The Balaban J connectivity index is 2.11. The maximum atomic E-state index is 11.8. The second-order valence-electron chi connectivity index (χ2n) is 5.02. The van der Waals surface area contributed by atoms with Gasteiger partial charge in [-0.25, -0.2) is 4.79 Å². The van der Waals surface area contributed by atoms with E-state index in [4.69, 9.17) is 4.42 Å². The normalized spacial score (nSPS) is 16.7. The molecule has 2 aromatic rings. The average Bonchev–Trinajstić information content (AvgIpc) is 3.10. The highest BCUT2D eigenvalue weighted by Gasteiger charge is 2.42. The predicted molar refractivity (Wildman–Crippen MR) is 72.6 cm³/mol. The fraction of sp³-hybridized carbons (Fsp3) is 0.417. The van der Waals surface area contributed by atoms with Gasteiger partial charge >= 0.3 is 5.76 Å². The van der Waals surface area contributed by atoms with E-state index in [2.05, 4.69) is 12.6 Å². The molecule has 0 saturated heterocycles. The van der Waals surface area contributed by atoms with Crippen LogP contribution in [0.25, 0.3) is 11.1 Å². The molecule has 3 rings (SSSR count).